The van der Waals surface area contributed by atoms with Gasteiger partial charge in [-0.15, -0.1) is 0 Å². The largest absolute Gasteiger partial charge is 0.403 e. The Hall–Kier alpha value is -1.36. The van der Waals surface area contributed by atoms with E-state index in [1.165, 1.54) is 6.20 Å². The molecule has 0 aromatic heterocycles. The van der Waals surface area contributed by atoms with Crippen molar-refractivity contribution in [3.63, 3.8) is 0 Å². The molecule has 0 saturated carbocycles. The first kappa shape index (κ1) is 9.73. The van der Waals surface area contributed by atoms with E-state index in [1.54, 1.807) is 6.08 Å². The first-order valence-electron chi connectivity index (χ1n) is 4.21. The molecule has 0 aromatic rings. The minimum absolute atomic E-state index is 0.267. The number of hydrogen-bond acceptors (Lipinski definition) is 5. The van der Waals surface area contributed by atoms with E-state index in [0.29, 0.717) is 0 Å². The van der Waals surface area contributed by atoms with Gasteiger partial charge in [-0.2, -0.15) is 0 Å². The van der Waals surface area contributed by atoms with Crippen LogP contribution in [0.5, 0.6) is 0 Å². The fraction of sp³-hybridized carbons (Fsp3) is 0.500. The van der Waals surface area contributed by atoms with Gasteiger partial charge in [0.25, 0.3) is 0 Å². The second-order valence-corrected chi connectivity index (χ2v) is 2.84. The lowest BCUT2D eigenvalue weighted by molar-refractivity contribution is 0.0552. The summed E-state index contributed by atoms with van der Waals surface area (Å²) in [4.78, 5) is 2.09. The van der Waals surface area contributed by atoms with Gasteiger partial charge in [-0.05, 0) is 0 Å². The quantitative estimate of drug-likeness (QED) is 0.473. The highest BCUT2D eigenvalue weighted by Gasteiger charge is 2.11. The average Bonchev–Trinajstić information content (AvgIpc) is 2.15. The highest BCUT2D eigenvalue weighted by atomic mass is 16.5. The SMILES string of the molecule is N/C=C(\C=C(N)N)N1CCOCC1. The number of allylic oxidation sites excluding steroid dienone is 1. The molecule has 6 N–H and O–H groups in total. The smallest absolute Gasteiger partial charge is 0.0955 e. The van der Waals surface area contributed by atoms with Crippen molar-refractivity contribution >= 4 is 0 Å². The van der Waals surface area contributed by atoms with Crippen LogP contribution >= 0.6 is 0 Å². The Morgan fingerprint density at radius 1 is 1.23 bits per heavy atom. The van der Waals surface area contributed by atoms with E-state index < -0.39 is 0 Å². The maximum absolute atomic E-state index is 5.45. The Labute approximate surface area is 77.8 Å². The van der Waals surface area contributed by atoms with Crippen LogP contribution in [-0.2, 0) is 4.74 Å². The molecular weight excluding hydrogens is 168 g/mol. The Balaban J connectivity index is 2.60. The molecule has 74 valence electrons. The Morgan fingerprint density at radius 3 is 2.31 bits per heavy atom. The van der Waals surface area contributed by atoms with Crippen molar-refractivity contribution in [3.8, 4) is 0 Å². The van der Waals surface area contributed by atoms with Gasteiger partial charge in [-0.1, -0.05) is 0 Å². The van der Waals surface area contributed by atoms with E-state index in [4.69, 9.17) is 21.9 Å². The van der Waals surface area contributed by atoms with Gasteiger partial charge in [0.2, 0.25) is 0 Å². The molecular formula is C8H16N4O. The van der Waals surface area contributed by atoms with Crippen LogP contribution in [0.3, 0.4) is 0 Å². The summed E-state index contributed by atoms with van der Waals surface area (Å²) >= 11 is 0. The molecule has 0 aromatic carbocycles. The summed E-state index contributed by atoms with van der Waals surface area (Å²) in [6.07, 6.45) is 3.16. The van der Waals surface area contributed by atoms with Gasteiger partial charge in [-0.3, -0.25) is 0 Å². The van der Waals surface area contributed by atoms with Gasteiger partial charge in [-0.25, -0.2) is 0 Å². The highest BCUT2D eigenvalue weighted by molar-refractivity contribution is 5.19. The third-order valence-electron chi connectivity index (χ3n) is 1.86. The van der Waals surface area contributed by atoms with E-state index in [0.717, 1.165) is 32.0 Å². The average molecular weight is 184 g/mol. The third kappa shape index (κ3) is 2.87. The Bertz CT molecular complexity index is 214. The summed E-state index contributed by atoms with van der Waals surface area (Å²) in [5.74, 6) is 0.267. The zero-order chi connectivity index (χ0) is 9.68. The van der Waals surface area contributed by atoms with E-state index in [9.17, 15) is 0 Å². The van der Waals surface area contributed by atoms with Crippen molar-refractivity contribution in [2.75, 3.05) is 26.3 Å². The molecule has 5 heteroatoms. The molecule has 0 unspecified atom stereocenters. The van der Waals surface area contributed by atoms with E-state index in [2.05, 4.69) is 4.90 Å². The molecule has 13 heavy (non-hydrogen) atoms. The molecule has 1 heterocycles. The summed E-state index contributed by atoms with van der Waals surface area (Å²) in [6.45, 7) is 3.09. The first-order valence-corrected chi connectivity index (χ1v) is 4.21. The molecule has 0 aliphatic carbocycles. The number of rotatable bonds is 2. The first-order chi connectivity index (χ1) is 6.24. The molecule has 0 atom stereocenters. The fourth-order valence-electron chi connectivity index (χ4n) is 1.24. The van der Waals surface area contributed by atoms with Crippen molar-refractivity contribution in [2.45, 2.75) is 0 Å². The molecule has 0 bridgehead atoms. The van der Waals surface area contributed by atoms with Crippen LogP contribution in [0, 0.1) is 0 Å². The summed E-state index contributed by atoms with van der Waals surface area (Å²) in [7, 11) is 0. The molecule has 0 amide bonds. The minimum Gasteiger partial charge on any atom is -0.403 e. The van der Waals surface area contributed by atoms with E-state index in [-0.39, 0.29) is 5.82 Å². The van der Waals surface area contributed by atoms with Gasteiger partial charge in [0.15, 0.2) is 0 Å². The lowest BCUT2D eigenvalue weighted by atomic mass is 10.3. The normalized spacial score (nSPS) is 18.5. The van der Waals surface area contributed by atoms with Crippen LogP contribution in [0.25, 0.3) is 0 Å². The second-order valence-electron chi connectivity index (χ2n) is 2.84. The Kier molecular flexibility index (Phi) is 3.45. The fourth-order valence-corrected chi connectivity index (χ4v) is 1.24. The number of nitrogens with zero attached hydrogens (tertiary/aromatic N) is 1. The van der Waals surface area contributed by atoms with Gasteiger partial charge in [0, 0.05) is 25.4 Å². The lowest BCUT2D eigenvalue weighted by Gasteiger charge is -2.29. The van der Waals surface area contributed by atoms with Crippen molar-refractivity contribution in [3.05, 3.63) is 23.8 Å². The van der Waals surface area contributed by atoms with Gasteiger partial charge in [0.05, 0.1) is 24.7 Å². The molecule has 1 aliphatic heterocycles. The summed E-state index contributed by atoms with van der Waals surface area (Å²) < 4.78 is 5.21. The molecule has 0 spiro atoms. The molecule has 0 radical (unpaired) electrons. The van der Waals surface area contributed by atoms with Gasteiger partial charge in [0.1, 0.15) is 0 Å². The van der Waals surface area contributed by atoms with Crippen LogP contribution in [0.4, 0.5) is 0 Å². The van der Waals surface area contributed by atoms with E-state index in [1.807, 2.05) is 0 Å². The standard InChI is InChI=1S/C8H16N4O/c9-6-7(5-8(10)11)12-1-3-13-4-2-12/h5-6H,1-4,9-11H2/b7-6+. The zero-order valence-electron chi connectivity index (χ0n) is 7.57. The van der Waals surface area contributed by atoms with Crippen LogP contribution in [0.2, 0.25) is 0 Å². The Morgan fingerprint density at radius 2 is 1.85 bits per heavy atom. The van der Waals surface area contributed by atoms with Crippen LogP contribution < -0.4 is 17.2 Å². The topological polar surface area (TPSA) is 90.5 Å². The highest BCUT2D eigenvalue weighted by Crippen LogP contribution is 2.07. The number of morpholine rings is 1. The van der Waals surface area contributed by atoms with Crippen molar-refractivity contribution in [1.29, 1.82) is 0 Å². The lowest BCUT2D eigenvalue weighted by Crippen LogP contribution is -2.35. The minimum atomic E-state index is 0.267. The maximum Gasteiger partial charge on any atom is 0.0955 e. The monoisotopic (exact) mass is 184 g/mol. The molecule has 1 fully saturated rings. The second kappa shape index (κ2) is 4.61. The molecule has 1 saturated heterocycles. The predicted molar refractivity (Wildman–Crippen MR) is 51.1 cm³/mol. The van der Waals surface area contributed by atoms with Crippen molar-refractivity contribution < 1.29 is 4.74 Å². The molecule has 1 aliphatic rings. The maximum atomic E-state index is 5.45. The summed E-state index contributed by atoms with van der Waals surface area (Å²) in [5, 5.41) is 0. The van der Waals surface area contributed by atoms with Gasteiger partial charge < -0.3 is 26.8 Å². The summed E-state index contributed by atoms with van der Waals surface area (Å²) in [5.41, 5.74) is 17.0. The number of nitrogens with two attached hydrogens (primary N) is 3. The predicted octanol–water partition coefficient (Wildman–Crippen LogP) is -1.12. The third-order valence-corrected chi connectivity index (χ3v) is 1.86. The summed E-state index contributed by atoms with van der Waals surface area (Å²) in [6, 6.07) is 0. The van der Waals surface area contributed by atoms with Crippen molar-refractivity contribution in [1.82, 2.24) is 4.90 Å². The number of ether oxygens (including phenoxy) is 1. The van der Waals surface area contributed by atoms with Gasteiger partial charge >= 0.3 is 0 Å². The van der Waals surface area contributed by atoms with E-state index >= 15 is 0 Å². The van der Waals surface area contributed by atoms with Crippen LogP contribution in [0.1, 0.15) is 0 Å². The van der Waals surface area contributed by atoms with Crippen molar-refractivity contribution in [2.24, 2.45) is 17.2 Å². The molecule has 1 rings (SSSR count). The number of hydrogen-bond donors (Lipinski definition) is 3. The molecule has 5 nitrogen and oxygen atoms in total. The van der Waals surface area contributed by atoms with Crippen LogP contribution in [-0.4, -0.2) is 31.2 Å². The zero-order valence-corrected chi connectivity index (χ0v) is 7.57. The van der Waals surface area contributed by atoms with Crippen LogP contribution in [0.15, 0.2) is 23.8 Å².